The molecule has 1 aliphatic carbocycles. The maximum absolute atomic E-state index is 12.2. The molecule has 0 aromatic carbocycles. The molecule has 3 atom stereocenters. The number of hydrogen-bond acceptors (Lipinski definition) is 5. The zero-order valence-corrected chi connectivity index (χ0v) is 13.7. The van der Waals surface area contributed by atoms with Crippen molar-refractivity contribution in [2.24, 2.45) is 0 Å². The molecule has 1 N–H and O–H groups in total. The van der Waals surface area contributed by atoms with Crippen molar-refractivity contribution < 1.29 is 14.3 Å². The van der Waals surface area contributed by atoms with Crippen LogP contribution in [0.3, 0.4) is 0 Å². The van der Waals surface area contributed by atoms with E-state index in [-0.39, 0.29) is 5.97 Å². The second-order valence-electron chi connectivity index (χ2n) is 6.43. The number of hydrogen-bond donors (Lipinski definition) is 1. The average Bonchev–Trinajstić information content (AvgIpc) is 2.93. The number of methoxy groups -OCH3 is 1. The van der Waals surface area contributed by atoms with Crippen LogP contribution in [-0.4, -0.2) is 62.4 Å². The zero-order valence-electron chi connectivity index (χ0n) is 13.7. The first-order valence-electron chi connectivity index (χ1n) is 8.26. The van der Waals surface area contributed by atoms with Crippen LogP contribution in [0.1, 0.15) is 45.4 Å². The smallest absolute Gasteiger partial charge is 0.326 e. The summed E-state index contributed by atoms with van der Waals surface area (Å²) in [6, 6.07) is 0.425. The monoisotopic (exact) mass is 298 g/mol. The lowest BCUT2D eigenvalue weighted by molar-refractivity contribution is -0.148. The SMILES string of the molecule is CCNC1(C(=O)OC)CCC(N(C)CC2CCCCO2)C1. The number of carbonyl (C=O) groups is 1. The molecule has 0 amide bonds. The lowest BCUT2D eigenvalue weighted by Gasteiger charge is -2.32. The van der Waals surface area contributed by atoms with E-state index < -0.39 is 5.54 Å². The molecule has 0 radical (unpaired) electrons. The average molecular weight is 298 g/mol. The van der Waals surface area contributed by atoms with Crippen LogP contribution in [0, 0.1) is 0 Å². The highest BCUT2D eigenvalue weighted by Crippen LogP contribution is 2.34. The number of nitrogens with one attached hydrogen (secondary N) is 1. The van der Waals surface area contributed by atoms with Crippen molar-refractivity contribution in [2.75, 3.05) is 33.9 Å². The molecule has 2 rings (SSSR count). The van der Waals surface area contributed by atoms with Gasteiger partial charge >= 0.3 is 5.97 Å². The first-order valence-corrected chi connectivity index (χ1v) is 8.26. The molecular formula is C16H30N2O3. The van der Waals surface area contributed by atoms with Crippen molar-refractivity contribution in [3.8, 4) is 0 Å². The number of likely N-dealkylation sites (N-methyl/N-ethyl adjacent to an activating group) is 2. The first kappa shape index (κ1) is 16.7. The topological polar surface area (TPSA) is 50.8 Å². The summed E-state index contributed by atoms with van der Waals surface area (Å²) in [6.07, 6.45) is 6.70. The fraction of sp³-hybridized carbons (Fsp3) is 0.938. The van der Waals surface area contributed by atoms with Crippen LogP contribution < -0.4 is 5.32 Å². The Hall–Kier alpha value is -0.650. The van der Waals surface area contributed by atoms with E-state index in [2.05, 4.69) is 17.3 Å². The van der Waals surface area contributed by atoms with Crippen molar-refractivity contribution in [1.82, 2.24) is 10.2 Å². The molecule has 1 aliphatic heterocycles. The van der Waals surface area contributed by atoms with Crippen molar-refractivity contribution in [2.45, 2.75) is 63.1 Å². The third kappa shape index (κ3) is 3.96. The van der Waals surface area contributed by atoms with Gasteiger partial charge in [0.05, 0.1) is 13.2 Å². The molecule has 2 aliphatic rings. The summed E-state index contributed by atoms with van der Waals surface area (Å²) in [5.41, 5.74) is -0.490. The Morgan fingerprint density at radius 3 is 2.86 bits per heavy atom. The van der Waals surface area contributed by atoms with Crippen molar-refractivity contribution in [1.29, 1.82) is 0 Å². The van der Waals surface area contributed by atoms with Crippen LogP contribution in [0.25, 0.3) is 0 Å². The predicted molar refractivity (Wildman–Crippen MR) is 82.3 cm³/mol. The van der Waals surface area contributed by atoms with Crippen LogP contribution in [-0.2, 0) is 14.3 Å². The summed E-state index contributed by atoms with van der Waals surface area (Å²) < 4.78 is 10.9. The minimum atomic E-state index is -0.490. The minimum Gasteiger partial charge on any atom is -0.468 e. The molecule has 1 heterocycles. The lowest BCUT2D eigenvalue weighted by atomic mass is 9.97. The molecule has 122 valence electrons. The summed E-state index contributed by atoms with van der Waals surface area (Å²) in [7, 11) is 3.64. The largest absolute Gasteiger partial charge is 0.468 e. The van der Waals surface area contributed by atoms with Gasteiger partial charge in [0, 0.05) is 19.2 Å². The number of ether oxygens (including phenoxy) is 2. The van der Waals surface area contributed by atoms with Gasteiger partial charge in [0.2, 0.25) is 0 Å². The highest BCUT2D eigenvalue weighted by Gasteiger charge is 2.46. The van der Waals surface area contributed by atoms with E-state index >= 15 is 0 Å². The van der Waals surface area contributed by atoms with E-state index in [1.165, 1.54) is 20.0 Å². The summed E-state index contributed by atoms with van der Waals surface area (Å²) in [5, 5.41) is 3.36. The highest BCUT2D eigenvalue weighted by molar-refractivity contribution is 5.81. The standard InChI is InChI=1S/C16H30N2O3/c1-4-17-16(15(19)20-3)9-8-13(11-16)18(2)12-14-7-5-6-10-21-14/h13-14,17H,4-12H2,1-3H3. The molecule has 1 saturated heterocycles. The minimum absolute atomic E-state index is 0.117. The quantitative estimate of drug-likeness (QED) is 0.754. The van der Waals surface area contributed by atoms with Gasteiger partial charge in [-0.2, -0.15) is 0 Å². The van der Waals surface area contributed by atoms with Gasteiger partial charge in [-0.3, -0.25) is 4.79 Å². The van der Waals surface area contributed by atoms with E-state index in [1.807, 2.05) is 6.92 Å². The number of nitrogens with zero attached hydrogens (tertiary/aromatic N) is 1. The van der Waals surface area contributed by atoms with Crippen LogP contribution in [0.2, 0.25) is 0 Å². The second-order valence-corrected chi connectivity index (χ2v) is 6.43. The maximum Gasteiger partial charge on any atom is 0.326 e. The van der Waals surface area contributed by atoms with Gasteiger partial charge in [0.1, 0.15) is 5.54 Å². The van der Waals surface area contributed by atoms with Gasteiger partial charge < -0.3 is 19.7 Å². The summed E-state index contributed by atoms with van der Waals surface area (Å²) in [4.78, 5) is 14.5. The first-order chi connectivity index (χ1) is 10.1. The van der Waals surface area contributed by atoms with Gasteiger partial charge in [-0.1, -0.05) is 6.92 Å². The molecule has 2 fully saturated rings. The van der Waals surface area contributed by atoms with Gasteiger partial charge in [-0.25, -0.2) is 0 Å². The van der Waals surface area contributed by atoms with Gasteiger partial charge in [-0.15, -0.1) is 0 Å². The maximum atomic E-state index is 12.2. The van der Waals surface area contributed by atoms with E-state index in [1.54, 1.807) is 0 Å². The fourth-order valence-electron chi connectivity index (χ4n) is 3.77. The normalized spacial score (nSPS) is 33.3. The Morgan fingerprint density at radius 1 is 1.43 bits per heavy atom. The predicted octanol–water partition coefficient (Wildman–Crippen LogP) is 1.56. The Kier molecular flexibility index (Phi) is 6.02. The Morgan fingerprint density at radius 2 is 2.24 bits per heavy atom. The summed E-state index contributed by atoms with van der Waals surface area (Å²) >= 11 is 0. The Balaban J connectivity index is 1.91. The van der Waals surface area contributed by atoms with Crippen LogP contribution in [0.5, 0.6) is 0 Å². The molecule has 5 heteroatoms. The third-order valence-electron chi connectivity index (χ3n) is 4.97. The van der Waals surface area contributed by atoms with Gasteiger partial charge in [-0.05, 0) is 52.1 Å². The number of esters is 1. The third-order valence-corrected chi connectivity index (χ3v) is 4.97. The Labute approximate surface area is 128 Å². The fourth-order valence-corrected chi connectivity index (χ4v) is 3.77. The van der Waals surface area contributed by atoms with Gasteiger partial charge in [0.15, 0.2) is 0 Å². The number of rotatable bonds is 6. The summed E-state index contributed by atoms with van der Waals surface area (Å²) in [6.45, 7) is 4.69. The highest BCUT2D eigenvalue weighted by atomic mass is 16.5. The number of carbonyl (C=O) groups excluding carboxylic acids is 1. The molecule has 1 saturated carbocycles. The summed E-state index contributed by atoms with van der Waals surface area (Å²) in [5.74, 6) is -0.117. The van der Waals surface area contributed by atoms with Gasteiger partial charge in [0.25, 0.3) is 0 Å². The van der Waals surface area contributed by atoms with E-state index in [0.29, 0.717) is 12.1 Å². The molecule has 0 aromatic rings. The molecule has 3 unspecified atom stereocenters. The zero-order chi connectivity index (χ0) is 15.3. The van der Waals surface area contributed by atoms with Crippen LogP contribution in [0.4, 0.5) is 0 Å². The molecule has 5 nitrogen and oxygen atoms in total. The van der Waals surface area contributed by atoms with Crippen molar-refractivity contribution >= 4 is 5.97 Å². The van der Waals surface area contributed by atoms with E-state index in [4.69, 9.17) is 9.47 Å². The van der Waals surface area contributed by atoms with Crippen LogP contribution in [0.15, 0.2) is 0 Å². The molecule has 0 bridgehead atoms. The Bertz CT molecular complexity index is 344. The molecule has 0 spiro atoms. The van der Waals surface area contributed by atoms with E-state index in [0.717, 1.165) is 45.4 Å². The molecule has 21 heavy (non-hydrogen) atoms. The van der Waals surface area contributed by atoms with Crippen molar-refractivity contribution in [3.63, 3.8) is 0 Å². The lowest BCUT2D eigenvalue weighted by Crippen LogP contribution is -2.52. The van der Waals surface area contributed by atoms with Crippen molar-refractivity contribution in [3.05, 3.63) is 0 Å². The molecular weight excluding hydrogens is 268 g/mol. The molecule has 0 aromatic heterocycles. The van der Waals surface area contributed by atoms with Crippen LogP contribution >= 0.6 is 0 Å². The van der Waals surface area contributed by atoms with E-state index in [9.17, 15) is 4.79 Å². The second kappa shape index (κ2) is 7.56.